The van der Waals surface area contributed by atoms with E-state index in [4.69, 9.17) is 14.2 Å². The lowest BCUT2D eigenvalue weighted by molar-refractivity contribution is -0.167. The van der Waals surface area contributed by atoms with Gasteiger partial charge in [0.15, 0.2) is 6.10 Å². The van der Waals surface area contributed by atoms with Crippen LogP contribution in [0.3, 0.4) is 0 Å². The molecular weight excluding hydrogens is 793 g/mol. The van der Waals surface area contributed by atoms with Crippen LogP contribution >= 0.6 is 0 Å². The maximum Gasteiger partial charge on any atom is 0.306 e. The van der Waals surface area contributed by atoms with Crippen LogP contribution in [0.1, 0.15) is 245 Å². The summed E-state index contributed by atoms with van der Waals surface area (Å²) in [7, 11) is 0. The molecule has 0 aliphatic rings. The molecule has 0 aromatic rings. The average Bonchev–Trinajstić information content (AvgIpc) is 3.29. The Hall–Kier alpha value is -3.41. The Balaban J connectivity index is 4.45. The fourth-order valence-electron chi connectivity index (χ4n) is 7.20. The minimum atomic E-state index is -0.802. The lowest BCUT2D eigenvalue weighted by Crippen LogP contribution is -2.30. The lowest BCUT2D eigenvalue weighted by Gasteiger charge is -2.18. The molecule has 0 bridgehead atoms. The van der Waals surface area contributed by atoms with E-state index in [1.165, 1.54) is 116 Å². The van der Waals surface area contributed by atoms with Crippen molar-refractivity contribution in [3.63, 3.8) is 0 Å². The van der Waals surface area contributed by atoms with Crippen molar-refractivity contribution in [1.29, 1.82) is 0 Å². The second-order valence-electron chi connectivity index (χ2n) is 17.5. The molecule has 0 saturated heterocycles. The largest absolute Gasteiger partial charge is 0.462 e. The molecule has 1 atom stereocenters. The Kier molecular flexibility index (Phi) is 49.4. The van der Waals surface area contributed by atoms with Crippen LogP contribution in [0.15, 0.2) is 85.1 Å². The molecule has 0 fully saturated rings. The number of rotatable bonds is 47. The molecule has 366 valence electrons. The van der Waals surface area contributed by atoms with E-state index >= 15 is 0 Å². The van der Waals surface area contributed by atoms with Crippen LogP contribution in [-0.4, -0.2) is 37.2 Å². The molecule has 0 saturated carbocycles. The van der Waals surface area contributed by atoms with E-state index in [1.807, 2.05) is 36.5 Å². The van der Waals surface area contributed by atoms with Gasteiger partial charge in [0, 0.05) is 19.3 Å². The van der Waals surface area contributed by atoms with Gasteiger partial charge in [-0.2, -0.15) is 0 Å². The first-order chi connectivity index (χ1) is 31.5. The molecule has 64 heavy (non-hydrogen) atoms. The van der Waals surface area contributed by atoms with Gasteiger partial charge in [-0.1, -0.05) is 221 Å². The van der Waals surface area contributed by atoms with E-state index < -0.39 is 6.10 Å². The minimum absolute atomic E-state index is 0.0989. The van der Waals surface area contributed by atoms with E-state index in [-0.39, 0.29) is 31.1 Å². The zero-order chi connectivity index (χ0) is 46.5. The number of carbonyl (C=O) groups is 3. The first-order valence-electron chi connectivity index (χ1n) is 26.7. The number of carbonyl (C=O) groups excluding carboxylic acids is 3. The molecule has 0 N–H and O–H groups in total. The molecule has 1 unspecified atom stereocenters. The predicted molar refractivity (Wildman–Crippen MR) is 274 cm³/mol. The van der Waals surface area contributed by atoms with Crippen LogP contribution in [-0.2, 0) is 28.6 Å². The quantitative estimate of drug-likeness (QED) is 0.0199. The van der Waals surface area contributed by atoms with Crippen molar-refractivity contribution < 1.29 is 28.6 Å². The Morgan fingerprint density at radius 3 is 1.06 bits per heavy atom. The van der Waals surface area contributed by atoms with Crippen molar-refractivity contribution in [3.8, 4) is 0 Å². The van der Waals surface area contributed by atoms with E-state index in [9.17, 15) is 14.4 Å². The summed E-state index contributed by atoms with van der Waals surface area (Å²) in [5, 5.41) is 0. The zero-order valence-electron chi connectivity index (χ0n) is 41.8. The molecule has 0 heterocycles. The highest BCUT2D eigenvalue weighted by atomic mass is 16.6. The van der Waals surface area contributed by atoms with Crippen LogP contribution in [0.25, 0.3) is 0 Å². The Morgan fingerprint density at radius 1 is 0.328 bits per heavy atom. The fourth-order valence-corrected chi connectivity index (χ4v) is 7.20. The molecule has 0 aliphatic carbocycles. The van der Waals surface area contributed by atoms with E-state index in [1.54, 1.807) is 0 Å². The van der Waals surface area contributed by atoms with E-state index in [2.05, 4.69) is 69.4 Å². The van der Waals surface area contributed by atoms with Gasteiger partial charge in [-0.05, 0) is 89.9 Å². The van der Waals surface area contributed by atoms with Crippen LogP contribution in [0.4, 0.5) is 0 Å². The van der Waals surface area contributed by atoms with Crippen molar-refractivity contribution >= 4 is 17.9 Å². The normalized spacial score (nSPS) is 12.7. The van der Waals surface area contributed by atoms with Crippen molar-refractivity contribution in [3.05, 3.63) is 85.1 Å². The van der Waals surface area contributed by atoms with Crippen molar-refractivity contribution in [1.82, 2.24) is 0 Å². The van der Waals surface area contributed by atoms with Gasteiger partial charge in [0.2, 0.25) is 0 Å². The number of allylic oxidation sites excluding steroid dienone is 14. The highest BCUT2D eigenvalue weighted by molar-refractivity contribution is 5.71. The summed E-state index contributed by atoms with van der Waals surface area (Å²) in [6.45, 7) is 6.42. The second kappa shape index (κ2) is 52.2. The van der Waals surface area contributed by atoms with Crippen LogP contribution in [0, 0.1) is 0 Å². The zero-order valence-corrected chi connectivity index (χ0v) is 41.8. The third-order valence-electron chi connectivity index (χ3n) is 11.2. The van der Waals surface area contributed by atoms with Gasteiger partial charge in [0.1, 0.15) is 13.2 Å². The van der Waals surface area contributed by atoms with Crippen LogP contribution < -0.4 is 0 Å². The molecule has 6 heteroatoms. The molecule has 0 amide bonds. The van der Waals surface area contributed by atoms with Crippen LogP contribution in [0.5, 0.6) is 0 Å². The Labute approximate surface area is 395 Å². The summed E-state index contributed by atoms with van der Waals surface area (Å²) in [5.74, 6) is -0.958. The van der Waals surface area contributed by atoms with E-state index in [0.29, 0.717) is 19.3 Å². The van der Waals surface area contributed by atoms with Gasteiger partial charge >= 0.3 is 17.9 Å². The van der Waals surface area contributed by atoms with Gasteiger partial charge in [-0.15, -0.1) is 0 Å². The summed E-state index contributed by atoms with van der Waals surface area (Å²) < 4.78 is 16.8. The molecule has 0 radical (unpaired) electrons. The van der Waals surface area contributed by atoms with Gasteiger partial charge < -0.3 is 14.2 Å². The van der Waals surface area contributed by atoms with Crippen molar-refractivity contribution in [2.45, 2.75) is 252 Å². The first kappa shape index (κ1) is 60.6. The third-order valence-corrected chi connectivity index (χ3v) is 11.2. The lowest BCUT2D eigenvalue weighted by atomic mass is 10.1. The SMILES string of the molecule is CC/C=C/C=C/C=C/C=C/CCCCCC(=O)OCC(COC(=O)CCCCCCC/C=C/CCCCCCCCCCC)OC(=O)CCCCCCCC/C=C/C=C/CCCCC. The summed E-state index contributed by atoms with van der Waals surface area (Å²) in [5.41, 5.74) is 0. The average molecular weight is 891 g/mol. The first-order valence-corrected chi connectivity index (χ1v) is 26.7. The highest BCUT2D eigenvalue weighted by Crippen LogP contribution is 2.14. The molecule has 0 rings (SSSR count). The van der Waals surface area contributed by atoms with E-state index in [0.717, 1.165) is 89.9 Å². The minimum Gasteiger partial charge on any atom is -0.462 e. The number of ether oxygens (including phenoxy) is 3. The summed E-state index contributed by atoms with van der Waals surface area (Å²) in [6.07, 6.45) is 67.1. The monoisotopic (exact) mass is 891 g/mol. The standard InChI is InChI=1S/C58H98O6/c1-4-7-10-13-16-19-22-25-27-28-29-31-33-36-39-42-45-48-51-57(60)63-54-55(53-62-56(59)50-47-44-41-38-35-32-24-21-18-15-12-9-6-3)64-58(61)52-49-46-43-40-37-34-30-26-23-20-17-14-11-8-5-2/h9,12,15,17-18,20-21,23-24,26,29,31-32,35,55H,4-8,10-11,13-14,16,19,22,25,27-28,30,33-34,36-54H2,1-3H3/b12-9+,18-15+,20-17+,24-21+,26-23+,31-29+,35-32+. The smallest absolute Gasteiger partial charge is 0.306 e. The molecule has 6 nitrogen and oxygen atoms in total. The Morgan fingerprint density at radius 2 is 0.625 bits per heavy atom. The van der Waals surface area contributed by atoms with Crippen LogP contribution in [0.2, 0.25) is 0 Å². The summed E-state index contributed by atoms with van der Waals surface area (Å²) in [4.78, 5) is 38.0. The van der Waals surface area contributed by atoms with Gasteiger partial charge in [0.05, 0.1) is 0 Å². The topological polar surface area (TPSA) is 78.9 Å². The second-order valence-corrected chi connectivity index (χ2v) is 17.5. The highest BCUT2D eigenvalue weighted by Gasteiger charge is 2.19. The molecule has 0 spiro atoms. The van der Waals surface area contributed by atoms with Crippen molar-refractivity contribution in [2.24, 2.45) is 0 Å². The number of esters is 3. The van der Waals surface area contributed by atoms with Gasteiger partial charge in [0.25, 0.3) is 0 Å². The third kappa shape index (κ3) is 49.6. The Bertz CT molecular complexity index is 1250. The fraction of sp³-hybridized carbons (Fsp3) is 0.707. The molecule has 0 aromatic heterocycles. The summed E-state index contributed by atoms with van der Waals surface area (Å²) >= 11 is 0. The molecular formula is C58H98O6. The molecule has 0 aliphatic heterocycles. The molecule has 0 aromatic carbocycles. The summed E-state index contributed by atoms with van der Waals surface area (Å²) in [6, 6.07) is 0. The number of hydrogen-bond donors (Lipinski definition) is 0. The van der Waals surface area contributed by atoms with Crippen molar-refractivity contribution in [2.75, 3.05) is 13.2 Å². The maximum absolute atomic E-state index is 12.8. The number of unbranched alkanes of at least 4 members (excludes halogenated alkanes) is 26. The predicted octanol–water partition coefficient (Wildman–Crippen LogP) is 17.6. The van der Waals surface area contributed by atoms with Gasteiger partial charge in [-0.25, -0.2) is 0 Å². The number of hydrogen-bond acceptors (Lipinski definition) is 6. The van der Waals surface area contributed by atoms with Gasteiger partial charge in [-0.3, -0.25) is 14.4 Å². The maximum atomic E-state index is 12.8.